The van der Waals surface area contributed by atoms with Gasteiger partial charge in [0, 0.05) is 30.7 Å². The summed E-state index contributed by atoms with van der Waals surface area (Å²) in [5.74, 6) is -0.634. The van der Waals surface area contributed by atoms with E-state index in [4.69, 9.17) is 4.74 Å². The van der Waals surface area contributed by atoms with E-state index in [2.05, 4.69) is 21.5 Å². The van der Waals surface area contributed by atoms with Crippen LogP contribution < -0.4 is 10.1 Å². The van der Waals surface area contributed by atoms with Gasteiger partial charge in [-0.1, -0.05) is 0 Å². The number of carbonyl (C=O) groups is 1. The highest BCUT2D eigenvalue weighted by Gasteiger charge is 2.25. The molecular weight excluding hydrogens is 449 g/mol. The van der Waals surface area contributed by atoms with E-state index in [1.807, 2.05) is 28.9 Å². The molecular formula is C25H20FN7O2. The van der Waals surface area contributed by atoms with Crippen LogP contribution in [0.1, 0.15) is 57.1 Å². The summed E-state index contributed by atoms with van der Waals surface area (Å²) in [6.07, 6.45) is 9.12. The number of pyridine rings is 1. The molecule has 1 amide bonds. The van der Waals surface area contributed by atoms with Crippen LogP contribution in [0.25, 0.3) is 5.65 Å². The molecule has 9 nitrogen and oxygen atoms in total. The van der Waals surface area contributed by atoms with Crippen molar-refractivity contribution in [1.29, 1.82) is 10.5 Å². The summed E-state index contributed by atoms with van der Waals surface area (Å²) in [4.78, 5) is 17.2. The first-order chi connectivity index (χ1) is 17.0. The Hall–Kier alpha value is -4.70. The minimum absolute atomic E-state index is 0.00247. The number of carbonyl (C=O) groups excluding carboxylic acids is 1. The number of ether oxygens (including phenoxy) is 1. The van der Waals surface area contributed by atoms with Crippen LogP contribution in [0, 0.1) is 28.5 Å². The van der Waals surface area contributed by atoms with Gasteiger partial charge in [0.1, 0.15) is 6.07 Å². The molecule has 1 aliphatic rings. The molecule has 0 unspecified atom stereocenters. The summed E-state index contributed by atoms with van der Waals surface area (Å²) in [5, 5.41) is 25.6. The molecule has 0 radical (unpaired) electrons. The first-order valence-electron chi connectivity index (χ1n) is 11.0. The number of nitrogens with zero attached hydrogens (tertiary/aromatic N) is 6. The van der Waals surface area contributed by atoms with Crippen LogP contribution in [0.15, 0.2) is 43.0 Å². The van der Waals surface area contributed by atoms with Crippen molar-refractivity contribution in [3.8, 4) is 17.9 Å². The summed E-state index contributed by atoms with van der Waals surface area (Å²) >= 11 is 0. The molecule has 1 saturated carbocycles. The van der Waals surface area contributed by atoms with Crippen LogP contribution >= 0.6 is 0 Å². The zero-order valence-electron chi connectivity index (χ0n) is 18.8. The van der Waals surface area contributed by atoms with Gasteiger partial charge in [0.15, 0.2) is 17.2 Å². The molecule has 174 valence electrons. The number of hydrogen-bond acceptors (Lipinski definition) is 6. The minimum Gasteiger partial charge on any atom is -0.494 e. The summed E-state index contributed by atoms with van der Waals surface area (Å²) < 4.78 is 23.0. The maximum Gasteiger partial charge on any atom is 0.254 e. The molecule has 1 N–H and O–H groups in total. The Balaban J connectivity index is 1.30. The lowest BCUT2D eigenvalue weighted by atomic mass is 10.1. The van der Waals surface area contributed by atoms with Gasteiger partial charge in [-0.2, -0.15) is 15.6 Å². The molecule has 0 aliphatic heterocycles. The third-order valence-electron chi connectivity index (χ3n) is 5.98. The first kappa shape index (κ1) is 22.1. The highest BCUT2D eigenvalue weighted by molar-refractivity contribution is 5.93. The number of halogens is 1. The van der Waals surface area contributed by atoms with Crippen molar-refractivity contribution < 1.29 is 13.9 Å². The highest BCUT2D eigenvalue weighted by atomic mass is 19.1. The van der Waals surface area contributed by atoms with Crippen LogP contribution in [0.3, 0.4) is 0 Å². The molecule has 4 aromatic rings. The van der Waals surface area contributed by atoms with Crippen molar-refractivity contribution in [3.05, 3.63) is 82.3 Å². The molecule has 0 saturated heterocycles. The summed E-state index contributed by atoms with van der Waals surface area (Å²) in [6, 6.07) is 8.87. The van der Waals surface area contributed by atoms with Gasteiger partial charge in [-0.05, 0) is 42.5 Å². The molecule has 3 aromatic heterocycles. The zero-order chi connectivity index (χ0) is 24.5. The lowest BCUT2D eigenvalue weighted by molar-refractivity contribution is 0.0950. The van der Waals surface area contributed by atoms with Crippen molar-refractivity contribution in [2.24, 2.45) is 0 Å². The molecule has 35 heavy (non-hydrogen) atoms. The van der Waals surface area contributed by atoms with Crippen LogP contribution in [0.5, 0.6) is 5.75 Å². The van der Waals surface area contributed by atoms with Crippen LogP contribution in [-0.4, -0.2) is 32.2 Å². The number of amides is 1. The number of imidazole rings is 1. The van der Waals surface area contributed by atoms with Gasteiger partial charge in [-0.25, -0.2) is 9.37 Å². The molecule has 3 heterocycles. The van der Waals surface area contributed by atoms with Crippen LogP contribution in [0.2, 0.25) is 0 Å². The smallest absolute Gasteiger partial charge is 0.254 e. The van der Waals surface area contributed by atoms with E-state index in [1.54, 1.807) is 10.9 Å². The Kier molecular flexibility index (Phi) is 5.63. The molecule has 1 aliphatic carbocycles. The fraction of sp³-hybridized carbons (Fsp3) is 0.240. The van der Waals surface area contributed by atoms with E-state index < -0.39 is 11.7 Å². The Morgan fingerprint density at radius 3 is 2.74 bits per heavy atom. The summed E-state index contributed by atoms with van der Waals surface area (Å²) in [6.45, 7) is 0.129. The Bertz CT molecular complexity index is 1540. The normalized spacial score (nSPS) is 12.8. The summed E-state index contributed by atoms with van der Waals surface area (Å²) in [7, 11) is 1.33. The maximum absolute atomic E-state index is 14.6. The number of fused-ring (bicyclic) bond motifs is 1. The second-order valence-corrected chi connectivity index (χ2v) is 8.37. The number of aromatic nitrogens is 4. The van der Waals surface area contributed by atoms with Crippen molar-refractivity contribution in [3.63, 3.8) is 0 Å². The first-order valence-corrected chi connectivity index (χ1v) is 11.0. The molecule has 10 heteroatoms. The molecule has 0 spiro atoms. The van der Waals surface area contributed by atoms with Gasteiger partial charge < -0.3 is 14.5 Å². The van der Waals surface area contributed by atoms with Gasteiger partial charge in [0.25, 0.3) is 5.91 Å². The fourth-order valence-electron chi connectivity index (χ4n) is 4.01. The topological polar surface area (TPSA) is 121 Å². The number of nitriles is 2. The standard InChI is InChI=1S/C25H20FN7O2/c1-35-22-5-4-16(7-27)21(23(22)26)10-29-25(34)19-9-30-33(12-19)14-20-13-32-11-18(15-2-3-15)6-17(8-28)24(32)31-20/h4-6,9,11-13,15H,2-3,10,14H2,1H3,(H,29,34). The minimum atomic E-state index is -0.684. The van der Waals surface area contributed by atoms with Crippen molar-refractivity contribution in [1.82, 2.24) is 24.5 Å². The molecule has 0 bridgehead atoms. The van der Waals surface area contributed by atoms with E-state index in [0.29, 0.717) is 29.4 Å². The second-order valence-electron chi connectivity index (χ2n) is 8.37. The Morgan fingerprint density at radius 1 is 1.23 bits per heavy atom. The zero-order valence-corrected chi connectivity index (χ0v) is 18.8. The number of nitrogens with one attached hydrogen (secondary N) is 1. The summed E-state index contributed by atoms with van der Waals surface area (Å²) in [5.41, 5.74) is 3.41. The van der Waals surface area contributed by atoms with Crippen molar-refractivity contribution in [2.75, 3.05) is 7.11 Å². The van der Waals surface area contributed by atoms with E-state index in [1.165, 1.54) is 25.4 Å². The lowest BCUT2D eigenvalue weighted by Crippen LogP contribution is -2.23. The van der Waals surface area contributed by atoms with Crippen LogP contribution in [0.4, 0.5) is 4.39 Å². The molecule has 1 aromatic carbocycles. The van der Waals surface area contributed by atoms with Crippen LogP contribution in [-0.2, 0) is 13.1 Å². The van der Waals surface area contributed by atoms with E-state index >= 15 is 0 Å². The van der Waals surface area contributed by atoms with Gasteiger partial charge in [-0.15, -0.1) is 0 Å². The average molecular weight is 469 g/mol. The van der Waals surface area contributed by atoms with E-state index in [9.17, 15) is 19.7 Å². The largest absolute Gasteiger partial charge is 0.494 e. The molecule has 1 fully saturated rings. The third kappa shape index (κ3) is 4.30. The molecule has 5 rings (SSSR count). The van der Waals surface area contributed by atoms with Gasteiger partial charge >= 0.3 is 0 Å². The van der Waals surface area contributed by atoms with Crippen molar-refractivity contribution >= 4 is 11.6 Å². The van der Waals surface area contributed by atoms with Gasteiger partial charge in [0.05, 0.1) is 48.3 Å². The maximum atomic E-state index is 14.6. The quantitative estimate of drug-likeness (QED) is 0.443. The fourth-order valence-corrected chi connectivity index (χ4v) is 4.01. The van der Waals surface area contributed by atoms with Gasteiger partial charge in [-0.3, -0.25) is 9.48 Å². The third-order valence-corrected chi connectivity index (χ3v) is 5.98. The second kappa shape index (κ2) is 8.92. The number of benzene rings is 1. The van der Waals surface area contributed by atoms with Gasteiger partial charge in [0.2, 0.25) is 0 Å². The van der Waals surface area contributed by atoms with E-state index in [-0.39, 0.29) is 29.0 Å². The Labute approximate surface area is 200 Å². The average Bonchev–Trinajstić information content (AvgIpc) is 3.48. The lowest BCUT2D eigenvalue weighted by Gasteiger charge is -2.10. The predicted octanol–water partition coefficient (Wildman–Crippen LogP) is 3.28. The van der Waals surface area contributed by atoms with Crippen molar-refractivity contribution in [2.45, 2.75) is 31.8 Å². The molecule has 0 atom stereocenters. The monoisotopic (exact) mass is 469 g/mol. The number of hydrogen-bond donors (Lipinski definition) is 1. The number of rotatable bonds is 7. The SMILES string of the molecule is COc1ccc(C#N)c(CNC(=O)c2cnn(Cc3cn4cc(C5CC5)cc(C#N)c4n3)c2)c1F. The Morgan fingerprint density at radius 2 is 2.03 bits per heavy atom. The predicted molar refractivity (Wildman–Crippen MR) is 122 cm³/mol. The number of methoxy groups -OCH3 is 1. The highest BCUT2D eigenvalue weighted by Crippen LogP contribution is 2.40. The van der Waals surface area contributed by atoms with E-state index in [0.717, 1.165) is 18.4 Å².